The topological polar surface area (TPSA) is 69.4 Å². The summed E-state index contributed by atoms with van der Waals surface area (Å²) in [5.74, 6) is 0.357. The van der Waals surface area contributed by atoms with Crippen LogP contribution in [0.15, 0.2) is 18.2 Å². The molecule has 0 radical (unpaired) electrons. The number of carbonyl (C=O) groups excluding carboxylic acids is 1. The second kappa shape index (κ2) is 5.45. The molecule has 0 aliphatic heterocycles. The molecule has 0 atom stereocenters. The molecule has 0 unspecified atom stereocenters. The van der Waals surface area contributed by atoms with E-state index in [1.54, 1.807) is 0 Å². The monoisotopic (exact) mass is 273 g/mol. The quantitative estimate of drug-likeness (QED) is 0.357. The predicted molar refractivity (Wildman–Crippen MR) is 57.8 cm³/mol. The molecule has 1 rings (SSSR count). The molecule has 0 heterocycles. The Morgan fingerprint density at radius 3 is 2.80 bits per heavy atom. The number of non-ortho nitro benzene ring substituents is 1. The van der Waals surface area contributed by atoms with Gasteiger partial charge in [-0.15, -0.1) is 0 Å². The highest BCUT2D eigenvalue weighted by atomic mass is 79.9. The average molecular weight is 274 g/mol. The number of benzene rings is 1. The fourth-order valence-electron chi connectivity index (χ4n) is 1.02. The zero-order valence-corrected chi connectivity index (χ0v) is 9.27. The van der Waals surface area contributed by atoms with Crippen LogP contribution >= 0.6 is 15.9 Å². The molecular formula is C9H8BrNO4. The van der Waals surface area contributed by atoms with Gasteiger partial charge in [-0.3, -0.25) is 14.9 Å². The molecule has 5 nitrogen and oxygen atoms in total. The molecule has 15 heavy (non-hydrogen) atoms. The van der Waals surface area contributed by atoms with E-state index in [0.717, 1.165) is 0 Å². The first-order valence-electron chi connectivity index (χ1n) is 4.11. The maximum absolute atomic E-state index is 10.7. The Morgan fingerprint density at radius 1 is 1.53 bits per heavy atom. The van der Waals surface area contributed by atoms with Crippen molar-refractivity contribution in [3.8, 4) is 5.75 Å². The summed E-state index contributed by atoms with van der Waals surface area (Å²) in [4.78, 5) is 20.5. The molecule has 0 aliphatic rings. The summed E-state index contributed by atoms with van der Waals surface area (Å²) < 4.78 is 5.21. The number of alkyl halides is 1. The van der Waals surface area contributed by atoms with Gasteiger partial charge >= 0.3 is 0 Å². The van der Waals surface area contributed by atoms with E-state index in [1.165, 1.54) is 18.2 Å². The van der Waals surface area contributed by atoms with Crippen molar-refractivity contribution in [2.75, 3.05) is 11.9 Å². The van der Waals surface area contributed by atoms with Crippen LogP contribution in [0.5, 0.6) is 5.75 Å². The third kappa shape index (κ3) is 3.02. The molecule has 0 spiro atoms. The number of nitrogens with zero attached hydrogens (tertiary/aromatic N) is 1. The van der Waals surface area contributed by atoms with Crippen LogP contribution in [0.3, 0.4) is 0 Å². The Bertz CT molecular complexity index is 380. The Balaban J connectivity index is 2.98. The summed E-state index contributed by atoms with van der Waals surface area (Å²) >= 11 is 3.17. The molecule has 80 valence electrons. The zero-order chi connectivity index (χ0) is 11.3. The second-order valence-corrected chi connectivity index (χ2v) is 3.43. The third-order valence-electron chi connectivity index (χ3n) is 1.67. The minimum Gasteiger partial charge on any atom is -0.492 e. The van der Waals surface area contributed by atoms with E-state index in [0.29, 0.717) is 24.0 Å². The fraction of sp³-hybridized carbons (Fsp3) is 0.222. The maximum Gasteiger partial charge on any atom is 0.270 e. The van der Waals surface area contributed by atoms with Gasteiger partial charge in [0.2, 0.25) is 0 Å². The van der Waals surface area contributed by atoms with Crippen molar-refractivity contribution in [1.82, 2.24) is 0 Å². The Kier molecular flexibility index (Phi) is 4.23. The lowest BCUT2D eigenvalue weighted by Crippen LogP contribution is -2.01. The van der Waals surface area contributed by atoms with E-state index < -0.39 is 4.92 Å². The van der Waals surface area contributed by atoms with Crippen molar-refractivity contribution < 1.29 is 14.5 Å². The molecule has 0 aromatic heterocycles. The van der Waals surface area contributed by atoms with Crippen LogP contribution in [-0.2, 0) is 0 Å². The fourth-order valence-corrected chi connectivity index (χ4v) is 1.18. The molecule has 0 saturated carbocycles. The second-order valence-electron chi connectivity index (χ2n) is 2.63. The number of hydrogen-bond donors (Lipinski definition) is 0. The van der Waals surface area contributed by atoms with Gasteiger partial charge < -0.3 is 4.74 Å². The van der Waals surface area contributed by atoms with Crippen molar-refractivity contribution in [1.29, 1.82) is 0 Å². The molecule has 1 aromatic rings. The predicted octanol–water partition coefficient (Wildman–Crippen LogP) is 2.18. The van der Waals surface area contributed by atoms with Crippen molar-refractivity contribution in [2.24, 2.45) is 0 Å². The van der Waals surface area contributed by atoms with Gasteiger partial charge in [0, 0.05) is 17.5 Å². The van der Waals surface area contributed by atoms with Crippen LogP contribution < -0.4 is 4.74 Å². The first-order valence-corrected chi connectivity index (χ1v) is 5.23. The van der Waals surface area contributed by atoms with E-state index >= 15 is 0 Å². The van der Waals surface area contributed by atoms with E-state index in [4.69, 9.17) is 4.74 Å². The van der Waals surface area contributed by atoms with Crippen molar-refractivity contribution in [2.45, 2.75) is 0 Å². The van der Waals surface area contributed by atoms with E-state index in [-0.39, 0.29) is 11.3 Å². The van der Waals surface area contributed by atoms with Gasteiger partial charge in [0.25, 0.3) is 5.69 Å². The number of rotatable bonds is 5. The van der Waals surface area contributed by atoms with Crippen LogP contribution in [0.2, 0.25) is 0 Å². The summed E-state index contributed by atoms with van der Waals surface area (Å²) in [6, 6.07) is 3.91. The average Bonchev–Trinajstić information content (AvgIpc) is 2.25. The summed E-state index contributed by atoms with van der Waals surface area (Å²) in [5.41, 5.74) is 0.0634. The highest BCUT2D eigenvalue weighted by Gasteiger charge is 2.10. The first kappa shape index (κ1) is 11.6. The number of hydrogen-bond acceptors (Lipinski definition) is 4. The lowest BCUT2D eigenvalue weighted by molar-refractivity contribution is -0.384. The Hall–Kier alpha value is -1.43. The minimum atomic E-state index is -0.554. The Labute approximate surface area is 94.3 Å². The van der Waals surface area contributed by atoms with Gasteiger partial charge in [0.15, 0.2) is 6.29 Å². The summed E-state index contributed by atoms with van der Waals surface area (Å²) in [5, 5.41) is 11.1. The first-order chi connectivity index (χ1) is 7.19. The maximum atomic E-state index is 10.7. The number of nitro benzene ring substituents is 1. The van der Waals surface area contributed by atoms with Crippen molar-refractivity contribution in [3.63, 3.8) is 0 Å². The molecule has 0 saturated heterocycles. The van der Waals surface area contributed by atoms with Crippen LogP contribution in [0.1, 0.15) is 10.4 Å². The lowest BCUT2D eigenvalue weighted by Gasteiger charge is -2.05. The molecule has 0 amide bonds. The van der Waals surface area contributed by atoms with Crippen LogP contribution in [-0.4, -0.2) is 23.1 Å². The van der Waals surface area contributed by atoms with Gasteiger partial charge in [-0.2, -0.15) is 0 Å². The summed E-state index contributed by atoms with van der Waals surface area (Å²) in [6.07, 6.45) is 0.538. The van der Waals surface area contributed by atoms with Gasteiger partial charge in [-0.05, 0) is 6.07 Å². The third-order valence-corrected chi connectivity index (χ3v) is 1.99. The molecule has 0 fully saturated rings. The van der Waals surface area contributed by atoms with E-state index in [1.807, 2.05) is 0 Å². The SMILES string of the molecule is O=Cc1cc([N+](=O)[O-])ccc1OCCBr. The van der Waals surface area contributed by atoms with Crippen molar-refractivity contribution >= 4 is 27.9 Å². The number of halogens is 1. The van der Waals surface area contributed by atoms with Crippen LogP contribution in [0.4, 0.5) is 5.69 Å². The Morgan fingerprint density at radius 2 is 2.27 bits per heavy atom. The standard InChI is InChI=1S/C9H8BrNO4/c10-3-4-15-9-2-1-8(11(13)14)5-7(9)6-12/h1-2,5-6H,3-4H2. The molecule has 0 bridgehead atoms. The number of ether oxygens (including phenoxy) is 1. The zero-order valence-electron chi connectivity index (χ0n) is 7.68. The number of carbonyl (C=O) groups is 1. The minimum absolute atomic E-state index is 0.122. The highest BCUT2D eigenvalue weighted by molar-refractivity contribution is 9.09. The normalized spacial score (nSPS) is 9.67. The van der Waals surface area contributed by atoms with Gasteiger partial charge in [0.05, 0.1) is 17.1 Å². The smallest absolute Gasteiger partial charge is 0.270 e. The van der Waals surface area contributed by atoms with E-state index in [9.17, 15) is 14.9 Å². The molecule has 0 N–H and O–H groups in total. The lowest BCUT2D eigenvalue weighted by atomic mass is 10.2. The highest BCUT2D eigenvalue weighted by Crippen LogP contribution is 2.22. The van der Waals surface area contributed by atoms with Crippen LogP contribution in [0, 0.1) is 10.1 Å². The van der Waals surface area contributed by atoms with Gasteiger partial charge in [-0.25, -0.2) is 0 Å². The summed E-state index contributed by atoms with van der Waals surface area (Å²) in [6.45, 7) is 0.401. The largest absolute Gasteiger partial charge is 0.492 e. The van der Waals surface area contributed by atoms with Gasteiger partial charge in [0.1, 0.15) is 5.75 Å². The van der Waals surface area contributed by atoms with Gasteiger partial charge in [-0.1, -0.05) is 15.9 Å². The molecule has 1 aromatic carbocycles. The summed E-state index contributed by atoms with van der Waals surface area (Å²) in [7, 11) is 0. The van der Waals surface area contributed by atoms with Crippen LogP contribution in [0.25, 0.3) is 0 Å². The molecule has 0 aliphatic carbocycles. The number of nitro groups is 1. The number of aldehydes is 1. The van der Waals surface area contributed by atoms with Crippen molar-refractivity contribution in [3.05, 3.63) is 33.9 Å². The molecule has 6 heteroatoms. The molecular weight excluding hydrogens is 266 g/mol. The van der Waals surface area contributed by atoms with E-state index in [2.05, 4.69) is 15.9 Å².